The van der Waals surface area contributed by atoms with Crippen molar-refractivity contribution in [2.75, 3.05) is 13.2 Å². The van der Waals surface area contributed by atoms with Crippen LogP contribution in [0.5, 0.6) is 5.75 Å². The van der Waals surface area contributed by atoms with Crippen molar-refractivity contribution in [2.24, 2.45) is 5.73 Å². The average Bonchev–Trinajstić information content (AvgIpc) is 2.97. The number of carbonyl (C=O) groups excluding carboxylic acids is 1. The number of hydrogen-bond donors (Lipinski definition) is 2. The summed E-state index contributed by atoms with van der Waals surface area (Å²) in [7, 11) is 0. The number of carbonyl (C=O) groups is 1. The SMILES string of the molecule is Cc1ccccc1OCCCNC(=O)c1coc(CN)c1.Cl. The second-order valence-corrected chi connectivity index (χ2v) is 4.73. The lowest BCUT2D eigenvalue weighted by Gasteiger charge is -2.09. The average molecular weight is 325 g/mol. The molecule has 1 amide bonds. The molecule has 120 valence electrons. The molecule has 0 saturated carbocycles. The molecule has 1 aromatic heterocycles. The molecule has 5 nitrogen and oxygen atoms in total. The third kappa shape index (κ3) is 5.09. The highest BCUT2D eigenvalue weighted by molar-refractivity contribution is 5.93. The maximum absolute atomic E-state index is 11.8. The Kier molecular flexibility index (Phi) is 7.49. The highest BCUT2D eigenvalue weighted by Crippen LogP contribution is 2.16. The number of para-hydroxylation sites is 1. The summed E-state index contributed by atoms with van der Waals surface area (Å²) in [4.78, 5) is 11.8. The zero-order chi connectivity index (χ0) is 15.1. The first-order valence-corrected chi connectivity index (χ1v) is 6.95. The topological polar surface area (TPSA) is 77.5 Å². The van der Waals surface area contributed by atoms with Gasteiger partial charge in [-0.25, -0.2) is 0 Å². The van der Waals surface area contributed by atoms with E-state index < -0.39 is 0 Å². The summed E-state index contributed by atoms with van der Waals surface area (Å²) >= 11 is 0. The van der Waals surface area contributed by atoms with E-state index in [1.54, 1.807) is 6.07 Å². The highest BCUT2D eigenvalue weighted by Gasteiger charge is 2.08. The Morgan fingerprint density at radius 3 is 2.82 bits per heavy atom. The monoisotopic (exact) mass is 324 g/mol. The van der Waals surface area contributed by atoms with Crippen LogP contribution in [-0.4, -0.2) is 19.1 Å². The zero-order valence-corrected chi connectivity index (χ0v) is 13.3. The summed E-state index contributed by atoms with van der Waals surface area (Å²) in [6, 6.07) is 9.51. The molecule has 22 heavy (non-hydrogen) atoms. The van der Waals surface area contributed by atoms with Crippen molar-refractivity contribution in [1.29, 1.82) is 0 Å². The number of ether oxygens (including phenoxy) is 1. The summed E-state index contributed by atoms with van der Waals surface area (Å²) in [5.41, 5.74) is 7.03. The molecule has 0 aliphatic carbocycles. The molecule has 0 radical (unpaired) electrons. The van der Waals surface area contributed by atoms with Crippen molar-refractivity contribution in [3.8, 4) is 5.75 Å². The van der Waals surface area contributed by atoms with Crippen LogP contribution in [0.4, 0.5) is 0 Å². The van der Waals surface area contributed by atoms with Crippen molar-refractivity contribution >= 4 is 18.3 Å². The number of halogens is 1. The van der Waals surface area contributed by atoms with Gasteiger partial charge in [0.15, 0.2) is 0 Å². The molecule has 0 atom stereocenters. The van der Waals surface area contributed by atoms with E-state index in [-0.39, 0.29) is 24.9 Å². The standard InChI is InChI=1S/C16H20N2O3.ClH/c1-12-5-2-3-6-15(12)20-8-4-7-18-16(19)13-9-14(10-17)21-11-13;/h2-3,5-6,9,11H,4,7-8,10,17H2,1H3,(H,18,19);1H. The van der Waals surface area contributed by atoms with Crippen LogP contribution >= 0.6 is 12.4 Å². The van der Waals surface area contributed by atoms with Crippen LogP contribution < -0.4 is 15.8 Å². The molecule has 0 aliphatic heterocycles. The van der Waals surface area contributed by atoms with Gasteiger partial charge in [0.25, 0.3) is 5.91 Å². The molecule has 0 saturated heterocycles. The first-order chi connectivity index (χ1) is 10.2. The largest absolute Gasteiger partial charge is 0.493 e. The molecule has 2 rings (SSSR count). The van der Waals surface area contributed by atoms with Gasteiger partial charge in [0, 0.05) is 6.54 Å². The third-order valence-electron chi connectivity index (χ3n) is 3.07. The van der Waals surface area contributed by atoms with E-state index in [0.717, 1.165) is 17.7 Å². The highest BCUT2D eigenvalue weighted by atomic mass is 35.5. The van der Waals surface area contributed by atoms with Gasteiger partial charge in [0.05, 0.1) is 18.7 Å². The second-order valence-electron chi connectivity index (χ2n) is 4.73. The zero-order valence-electron chi connectivity index (χ0n) is 12.5. The van der Waals surface area contributed by atoms with Gasteiger partial charge in [-0.1, -0.05) is 18.2 Å². The number of rotatable bonds is 7. The van der Waals surface area contributed by atoms with Gasteiger partial charge in [0.2, 0.25) is 0 Å². The Morgan fingerprint density at radius 2 is 2.14 bits per heavy atom. The fraction of sp³-hybridized carbons (Fsp3) is 0.312. The smallest absolute Gasteiger partial charge is 0.254 e. The van der Waals surface area contributed by atoms with Gasteiger partial charge in [-0.15, -0.1) is 12.4 Å². The summed E-state index contributed by atoms with van der Waals surface area (Å²) in [5.74, 6) is 1.32. The molecule has 6 heteroatoms. The van der Waals surface area contributed by atoms with Crippen molar-refractivity contribution in [2.45, 2.75) is 19.9 Å². The van der Waals surface area contributed by atoms with Gasteiger partial charge < -0.3 is 20.2 Å². The van der Waals surface area contributed by atoms with Gasteiger partial charge in [-0.05, 0) is 31.0 Å². The number of nitrogens with two attached hydrogens (primary N) is 1. The number of aryl methyl sites for hydroxylation is 1. The Hall–Kier alpha value is -1.98. The van der Waals surface area contributed by atoms with E-state index in [2.05, 4.69) is 5.32 Å². The predicted molar refractivity (Wildman–Crippen MR) is 87.5 cm³/mol. The minimum atomic E-state index is -0.158. The first kappa shape index (κ1) is 18.1. The quantitative estimate of drug-likeness (QED) is 0.768. The Balaban J connectivity index is 0.00000242. The summed E-state index contributed by atoms with van der Waals surface area (Å²) in [6.07, 6.45) is 2.16. The van der Waals surface area contributed by atoms with Crippen LogP contribution in [0, 0.1) is 6.92 Å². The van der Waals surface area contributed by atoms with Gasteiger partial charge in [0.1, 0.15) is 17.8 Å². The molecule has 0 aliphatic rings. The number of nitrogens with one attached hydrogen (secondary N) is 1. The molecular formula is C16H21ClN2O3. The maximum Gasteiger partial charge on any atom is 0.254 e. The second kappa shape index (κ2) is 9.12. The normalized spacial score (nSPS) is 9.91. The van der Waals surface area contributed by atoms with Crippen molar-refractivity contribution in [3.63, 3.8) is 0 Å². The van der Waals surface area contributed by atoms with E-state index in [0.29, 0.717) is 24.5 Å². The number of benzene rings is 1. The minimum Gasteiger partial charge on any atom is -0.493 e. The van der Waals surface area contributed by atoms with Crippen molar-refractivity contribution in [1.82, 2.24) is 5.32 Å². The Labute approximate surface area is 136 Å². The molecular weight excluding hydrogens is 304 g/mol. The van der Waals surface area contributed by atoms with E-state index in [1.165, 1.54) is 6.26 Å². The fourth-order valence-corrected chi connectivity index (χ4v) is 1.88. The van der Waals surface area contributed by atoms with E-state index in [4.69, 9.17) is 14.9 Å². The Morgan fingerprint density at radius 1 is 1.36 bits per heavy atom. The summed E-state index contributed by atoms with van der Waals surface area (Å²) < 4.78 is 10.8. The lowest BCUT2D eigenvalue weighted by atomic mass is 10.2. The molecule has 3 N–H and O–H groups in total. The van der Waals surface area contributed by atoms with Gasteiger partial charge in [-0.2, -0.15) is 0 Å². The number of amides is 1. The molecule has 1 aromatic carbocycles. The number of hydrogen-bond acceptors (Lipinski definition) is 4. The van der Waals surface area contributed by atoms with Crippen LogP contribution in [0.25, 0.3) is 0 Å². The minimum absolute atomic E-state index is 0. The third-order valence-corrected chi connectivity index (χ3v) is 3.07. The maximum atomic E-state index is 11.8. The van der Waals surface area contributed by atoms with Gasteiger partial charge in [-0.3, -0.25) is 4.79 Å². The van der Waals surface area contributed by atoms with Crippen molar-refractivity contribution in [3.05, 3.63) is 53.5 Å². The molecule has 1 heterocycles. The molecule has 0 spiro atoms. The molecule has 2 aromatic rings. The lowest BCUT2D eigenvalue weighted by Crippen LogP contribution is -2.25. The Bertz CT molecular complexity index is 599. The number of furan rings is 1. The lowest BCUT2D eigenvalue weighted by molar-refractivity contribution is 0.0951. The van der Waals surface area contributed by atoms with Crippen molar-refractivity contribution < 1.29 is 13.9 Å². The molecule has 0 unspecified atom stereocenters. The predicted octanol–water partition coefficient (Wildman–Crippen LogP) is 2.67. The van der Waals surface area contributed by atoms with Gasteiger partial charge >= 0.3 is 0 Å². The van der Waals surface area contributed by atoms with Crippen LogP contribution in [-0.2, 0) is 6.54 Å². The summed E-state index contributed by atoms with van der Waals surface area (Å²) in [6.45, 7) is 3.40. The van der Waals surface area contributed by atoms with Crippen LogP contribution in [0.15, 0.2) is 41.0 Å². The van der Waals surface area contributed by atoms with Crippen LogP contribution in [0.2, 0.25) is 0 Å². The fourth-order valence-electron chi connectivity index (χ4n) is 1.88. The van der Waals surface area contributed by atoms with E-state index in [1.807, 2.05) is 31.2 Å². The first-order valence-electron chi connectivity index (χ1n) is 6.95. The summed E-state index contributed by atoms with van der Waals surface area (Å²) in [5, 5.41) is 2.82. The molecule has 0 bridgehead atoms. The van der Waals surface area contributed by atoms with Crippen LogP contribution in [0.1, 0.15) is 28.1 Å². The molecule has 0 fully saturated rings. The van der Waals surface area contributed by atoms with Crippen LogP contribution in [0.3, 0.4) is 0 Å². The van der Waals surface area contributed by atoms with E-state index in [9.17, 15) is 4.79 Å². The van der Waals surface area contributed by atoms with E-state index >= 15 is 0 Å².